The van der Waals surface area contributed by atoms with E-state index in [2.05, 4.69) is 6.92 Å². The number of carboxylic acids is 1. The minimum atomic E-state index is -1.18. The van der Waals surface area contributed by atoms with Crippen molar-refractivity contribution >= 4 is 11.9 Å². The van der Waals surface area contributed by atoms with Gasteiger partial charge in [0, 0.05) is 5.92 Å². The smallest absolute Gasteiger partial charge is 0.228 e. The standard InChI is InChI=1S/C16H25NO4/c1-11-6-8-16(9-7-11)17(13(10-21-16)15(19)20)14(18)12-4-2-3-5-12/h11-13H,2-10H2,1H3,(H,19,20)/p-1/t11?,13-,16?/m1/s1. The maximum Gasteiger partial charge on any atom is 0.228 e. The zero-order valence-electron chi connectivity index (χ0n) is 12.7. The molecular weight excluding hydrogens is 270 g/mol. The lowest BCUT2D eigenvalue weighted by Crippen LogP contribution is -2.58. The molecule has 1 atom stereocenters. The summed E-state index contributed by atoms with van der Waals surface area (Å²) in [7, 11) is 0. The first-order valence-electron chi connectivity index (χ1n) is 8.21. The largest absolute Gasteiger partial charge is 0.548 e. The van der Waals surface area contributed by atoms with Crippen molar-refractivity contribution in [2.75, 3.05) is 6.61 Å². The summed E-state index contributed by atoms with van der Waals surface area (Å²) >= 11 is 0. The van der Waals surface area contributed by atoms with E-state index in [0.717, 1.165) is 51.4 Å². The fraction of sp³-hybridized carbons (Fsp3) is 0.875. The summed E-state index contributed by atoms with van der Waals surface area (Å²) in [6, 6.07) is -0.911. The van der Waals surface area contributed by atoms with Crippen molar-refractivity contribution in [3.8, 4) is 0 Å². The first kappa shape index (κ1) is 14.8. The Morgan fingerprint density at radius 1 is 1.14 bits per heavy atom. The van der Waals surface area contributed by atoms with Crippen LogP contribution in [0.25, 0.3) is 0 Å². The molecule has 2 aliphatic carbocycles. The van der Waals surface area contributed by atoms with Gasteiger partial charge >= 0.3 is 0 Å². The molecule has 5 nitrogen and oxygen atoms in total. The third kappa shape index (κ3) is 2.56. The summed E-state index contributed by atoms with van der Waals surface area (Å²) in [5.74, 6) is -0.611. The molecule has 3 rings (SSSR count). The lowest BCUT2D eigenvalue weighted by Gasteiger charge is -2.44. The number of ether oxygens (including phenoxy) is 1. The van der Waals surface area contributed by atoms with Crippen LogP contribution in [0.1, 0.15) is 58.3 Å². The van der Waals surface area contributed by atoms with Gasteiger partial charge in [-0.1, -0.05) is 19.8 Å². The summed E-state index contributed by atoms with van der Waals surface area (Å²) < 4.78 is 5.88. The average Bonchev–Trinajstić information content (AvgIpc) is 3.10. The molecule has 0 bridgehead atoms. The Morgan fingerprint density at radius 2 is 1.76 bits per heavy atom. The second-order valence-electron chi connectivity index (χ2n) is 6.96. The maximum absolute atomic E-state index is 12.9. The highest BCUT2D eigenvalue weighted by atomic mass is 16.5. The van der Waals surface area contributed by atoms with E-state index in [1.807, 2.05) is 0 Å². The molecule has 3 aliphatic rings. The molecule has 1 amide bonds. The van der Waals surface area contributed by atoms with Gasteiger partial charge in [-0.15, -0.1) is 0 Å². The van der Waals surface area contributed by atoms with E-state index in [1.54, 1.807) is 4.90 Å². The number of carbonyl (C=O) groups excluding carboxylic acids is 2. The van der Waals surface area contributed by atoms with Crippen LogP contribution in [0.5, 0.6) is 0 Å². The van der Waals surface area contributed by atoms with Gasteiger partial charge in [0.15, 0.2) is 0 Å². The third-order valence-electron chi connectivity index (χ3n) is 5.53. The fourth-order valence-corrected chi connectivity index (χ4v) is 4.16. The summed E-state index contributed by atoms with van der Waals surface area (Å²) in [6.07, 6.45) is 7.33. The molecule has 1 spiro atoms. The zero-order chi connectivity index (χ0) is 15.0. The van der Waals surface area contributed by atoms with Gasteiger partial charge in [-0.05, 0) is 44.4 Å². The van der Waals surface area contributed by atoms with E-state index in [-0.39, 0.29) is 18.4 Å². The van der Waals surface area contributed by atoms with Crippen molar-refractivity contribution < 1.29 is 19.4 Å². The van der Waals surface area contributed by atoms with Gasteiger partial charge in [0.2, 0.25) is 5.91 Å². The Kier molecular flexibility index (Phi) is 3.95. The predicted octanol–water partition coefficient (Wildman–Crippen LogP) is 1.06. The molecule has 3 fully saturated rings. The van der Waals surface area contributed by atoms with Crippen LogP contribution >= 0.6 is 0 Å². The maximum atomic E-state index is 12.9. The topological polar surface area (TPSA) is 69.7 Å². The Balaban J connectivity index is 1.85. The number of rotatable bonds is 2. The minimum Gasteiger partial charge on any atom is -0.548 e. The number of hydrogen-bond donors (Lipinski definition) is 0. The van der Waals surface area contributed by atoms with Crippen LogP contribution < -0.4 is 5.11 Å². The molecule has 1 saturated heterocycles. The number of aliphatic carboxylic acids is 1. The molecule has 0 aromatic heterocycles. The summed E-state index contributed by atoms with van der Waals surface area (Å²) in [5, 5.41) is 11.4. The molecule has 0 aromatic rings. The molecule has 2 saturated carbocycles. The average molecular weight is 294 g/mol. The summed E-state index contributed by atoms with van der Waals surface area (Å²) in [5.41, 5.74) is -0.684. The van der Waals surface area contributed by atoms with Gasteiger partial charge in [0.25, 0.3) is 0 Å². The van der Waals surface area contributed by atoms with Crippen LogP contribution in [0, 0.1) is 11.8 Å². The zero-order valence-corrected chi connectivity index (χ0v) is 12.7. The second-order valence-corrected chi connectivity index (χ2v) is 6.96. The number of amides is 1. The van der Waals surface area contributed by atoms with Crippen molar-refractivity contribution in [1.29, 1.82) is 0 Å². The van der Waals surface area contributed by atoms with Crippen LogP contribution in [-0.2, 0) is 14.3 Å². The highest BCUT2D eigenvalue weighted by Crippen LogP contribution is 2.44. The normalized spacial score (nSPS) is 37.3. The predicted molar refractivity (Wildman–Crippen MR) is 73.9 cm³/mol. The lowest BCUT2D eigenvalue weighted by molar-refractivity contribution is -0.311. The molecular formula is C16H24NO4-. The Hall–Kier alpha value is -1.10. The van der Waals surface area contributed by atoms with Gasteiger partial charge in [-0.25, -0.2) is 0 Å². The molecule has 0 radical (unpaired) electrons. The Bertz CT molecular complexity index is 422. The van der Waals surface area contributed by atoms with Gasteiger partial charge in [-0.2, -0.15) is 0 Å². The first-order chi connectivity index (χ1) is 10.0. The highest BCUT2D eigenvalue weighted by molar-refractivity contribution is 5.86. The third-order valence-corrected chi connectivity index (χ3v) is 5.53. The highest BCUT2D eigenvalue weighted by Gasteiger charge is 2.52. The fourth-order valence-electron chi connectivity index (χ4n) is 4.16. The number of nitrogens with zero attached hydrogens (tertiary/aromatic N) is 1. The quantitative estimate of drug-likeness (QED) is 0.763. The molecule has 0 N–H and O–H groups in total. The molecule has 5 heteroatoms. The van der Waals surface area contributed by atoms with Crippen molar-refractivity contribution in [3.05, 3.63) is 0 Å². The molecule has 1 aliphatic heterocycles. The van der Waals surface area contributed by atoms with Crippen molar-refractivity contribution in [3.63, 3.8) is 0 Å². The van der Waals surface area contributed by atoms with Gasteiger partial charge < -0.3 is 19.5 Å². The van der Waals surface area contributed by atoms with Crippen LogP contribution in [0.4, 0.5) is 0 Å². The van der Waals surface area contributed by atoms with Crippen LogP contribution in [0.2, 0.25) is 0 Å². The van der Waals surface area contributed by atoms with E-state index in [0.29, 0.717) is 5.92 Å². The Labute approximate surface area is 125 Å². The molecule has 0 aromatic carbocycles. The van der Waals surface area contributed by atoms with E-state index >= 15 is 0 Å². The molecule has 1 heterocycles. The van der Waals surface area contributed by atoms with Gasteiger partial charge in [-0.3, -0.25) is 4.79 Å². The summed E-state index contributed by atoms with van der Waals surface area (Å²) in [4.78, 5) is 25.9. The van der Waals surface area contributed by atoms with E-state index < -0.39 is 17.7 Å². The monoisotopic (exact) mass is 294 g/mol. The number of hydrogen-bond acceptors (Lipinski definition) is 4. The van der Waals surface area contributed by atoms with Crippen molar-refractivity contribution in [2.45, 2.75) is 70.1 Å². The second kappa shape index (κ2) is 5.59. The number of carbonyl (C=O) groups is 2. The van der Waals surface area contributed by atoms with E-state index in [1.165, 1.54) is 0 Å². The lowest BCUT2D eigenvalue weighted by atomic mass is 9.83. The van der Waals surface area contributed by atoms with Crippen LogP contribution in [-0.4, -0.2) is 35.2 Å². The van der Waals surface area contributed by atoms with Crippen molar-refractivity contribution in [1.82, 2.24) is 4.90 Å². The van der Waals surface area contributed by atoms with Gasteiger partial charge in [0.05, 0.1) is 18.6 Å². The van der Waals surface area contributed by atoms with E-state index in [4.69, 9.17) is 4.74 Å². The van der Waals surface area contributed by atoms with Crippen LogP contribution in [0.3, 0.4) is 0 Å². The van der Waals surface area contributed by atoms with Crippen molar-refractivity contribution in [2.24, 2.45) is 11.8 Å². The van der Waals surface area contributed by atoms with E-state index in [9.17, 15) is 14.7 Å². The van der Waals surface area contributed by atoms with Gasteiger partial charge in [0.1, 0.15) is 5.72 Å². The summed E-state index contributed by atoms with van der Waals surface area (Å²) in [6.45, 7) is 2.27. The molecule has 21 heavy (non-hydrogen) atoms. The first-order valence-corrected chi connectivity index (χ1v) is 8.21. The minimum absolute atomic E-state index is 0.0197. The molecule has 0 unspecified atom stereocenters. The molecule has 118 valence electrons. The van der Waals surface area contributed by atoms with Crippen LogP contribution in [0.15, 0.2) is 0 Å². The SMILES string of the molecule is CC1CCC2(CC1)OC[C@H](C(=O)[O-])N2C(=O)C1CCCC1. The Morgan fingerprint density at radius 3 is 2.33 bits per heavy atom. The number of carboxylic acid groups (broad SMARTS) is 1.